The molecule has 1 saturated heterocycles. The molecule has 0 saturated carbocycles. The molecule has 9 heteroatoms. The van der Waals surface area contributed by atoms with Crippen LogP contribution >= 0.6 is 33.9 Å². The number of aliphatic hydroxyl groups excluding tert-OH is 1. The van der Waals surface area contributed by atoms with Gasteiger partial charge in [0.2, 0.25) is 18.0 Å². The van der Waals surface area contributed by atoms with E-state index in [0.29, 0.717) is 4.43 Å². The third-order valence-corrected chi connectivity index (χ3v) is 4.92. The Morgan fingerprint density at radius 3 is 2.76 bits per heavy atom. The zero-order chi connectivity index (χ0) is 15.6. The molecule has 0 aliphatic carbocycles. The molecule has 1 aliphatic heterocycles. The number of carboxylic acid groups (broad SMARTS) is 1. The number of aliphatic hydroxyl groups is 1. The minimum absolute atomic E-state index is 0.177. The van der Waals surface area contributed by atoms with Crippen molar-refractivity contribution in [3.8, 4) is 0 Å². The summed E-state index contributed by atoms with van der Waals surface area (Å²) in [5.74, 6) is -2.36. The van der Waals surface area contributed by atoms with Crippen molar-refractivity contribution in [2.24, 2.45) is 0 Å². The number of amides is 2. The van der Waals surface area contributed by atoms with E-state index >= 15 is 0 Å². The molecule has 0 bridgehead atoms. The highest BCUT2D eigenvalue weighted by Gasteiger charge is 2.51. The monoisotopic (exact) mass is 424 g/mol. The number of thiophene rings is 1. The molecule has 1 unspecified atom stereocenters. The number of likely N-dealkylation sites (tertiary alicyclic amines) is 1. The second-order valence-electron chi connectivity index (χ2n) is 4.48. The Morgan fingerprint density at radius 1 is 1.52 bits per heavy atom. The minimum Gasteiger partial charge on any atom is -0.478 e. The van der Waals surface area contributed by atoms with Gasteiger partial charge in [-0.2, -0.15) is 0 Å². The first-order valence-corrected chi connectivity index (χ1v) is 8.47. The van der Waals surface area contributed by atoms with Gasteiger partial charge in [0.25, 0.3) is 0 Å². The second-order valence-corrected chi connectivity index (χ2v) is 6.39. The molecule has 0 aromatic carbocycles. The summed E-state index contributed by atoms with van der Waals surface area (Å²) in [5.41, 5.74) is 0. The van der Waals surface area contributed by atoms with Crippen molar-refractivity contribution in [1.29, 1.82) is 0 Å². The Kier molecular flexibility index (Phi) is 5.17. The maximum atomic E-state index is 11.9. The van der Waals surface area contributed by atoms with Gasteiger partial charge in [-0.1, -0.05) is 28.7 Å². The zero-order valence-corrected chi connectivity index (χ0v) is 13.7. The van der Waals surface area contributed by atoms with Gasteiger partial charge in [0.05, 0.1) is 12.5 Å². The molecule has 2 amide bonds. The van der Waals surface area contributed by atoms with Gasteiger partial charge in [0.15, 0.2) is 0 Å². The minimum atomic E-state index is -1.87. The molecule has 114 valence electrons. The van der Waals surface area contributed by atoms with Crippen molar-refractivity contribution in [2.45, 2.75) is 24.7 Å². The standard InChI is InChI=1S/C12H13IN2O5S/c13-5-7-9(10(17)15(7)11(18)12(19)20)14-8(16)4-6-2-1-3-21-6/h1-3,7,9,11,18H,4-5H2,(H,14,16)(H,19,20)/t7-,9+,11?/m1/s1. The van der Waals surface area contributed by atoms with Crippen LogP contribution in [-0.2, 0) is 20.8 Å². The van der Waals surface area contributed by atoms with Gasteiger partial charge in [-0.25, -0.2) is 4.79 Å². The van der Waals surface area contributed by atoms with Gasteiger partial charge in [-0.15, -0.1) is 11.3 Å². The average molecular weight is 424 g/mol. The molecule has 21 heavy (non-hydrogen) atoms. The number of nitrogens with zero attached hydrogens (tertiary/aromatic N) is 1. The van der Waals surface area contributed by atoms with Crippen molar-refractivity contribution < 1.29 is 24.6 Å². The van der Waals surface area contributed by atoms with Crippen LogP contribution in [0.2, 0.25) is 0 Å². The van der Waals surface area contributed by atoms with E-state index in [1.807, 2.05) is 40.1 Å². The van der Waals surface area contributed by atoms with E-state index in [2.05, 4.69) is 5.32 Å². The van der Waals surface area contributed by atoms with E-state index in [4.69, 9.17) is 5.11 Å². The summed E-state index contributed by atoms with van der Waals surface area (Å²) in [6.45, 7) is 0. The highest BCUT2D eigenvalue weighted by molar-refractivity contribution is 14.1. The molecule has 2 heterocycles. The average Bonchev–Trinajstić information content (AvgIpc) is 2.93. The van der Waals surface area contributed by atoms with Gasteiger partial charge in [-0.05, 0) is 11.4 Å². The Morgan fingerprint density at radius 2 is 2.24 bits per heavy atom. The van der Waals surface area contributed by atoms with Crippen LogP contribution in [0.3, 0.4) is 0 Å². The molecule has 1 fully saturated rings. The lowest BCUT2D eigenvalue weighted by atomic mass is 9.96. The maximum Gasteiger partial charge on any atom is 0.354 e. The number of carbonyl (C=O) groups excluding carboxylic acids is 2. The lowest BCUT2D eigenvalue weighted by Gasteiger charge is -2.47. The van der Waals surface area contributed by atoms with Crippen molar-refractivity contribution in [3.63, 3.8) is 0 Å². The normalized spacial score (nSPS) is 22.6. The van der Waals surface area contributed by atoms with Crippen LogP contribution < -0.4 is 5.32 Å². The number of aliphatic carboxylic acids is 1. The molecule has 0 radical (unpaired) electrons. The first-order chi connectivity index (χ1) is 9.95. The number of hydrogen-bond acceptors (Lipinski definition) is 5. The number of hydrogen-bond donors (Lipinski definition) is 3. The van der Waals surface area contributed by atoms with Crippen molar-refractivity contribution in [3.05, 3.63) is 22.4 Å². The quantitative estimate of drug-likeness (QED) is 0.334. The van der Waals surface area contributed by atoms with E-state index in [9.17, 15) is 19.5 Å². The summed E-state index contributed by atoms with van der Waals surface area (Å²) in [7, 11) is 0. The smallest absolute Gasteiger partial charge is 0.354 e. The van der Waals surface area contributed by atoms with Crippen LogP contribution in [0.5, 0.6) is 0 Å². The first kappa shape index (κ1) is 16.2. The van der Waals surface area contributed by atoms with Gasteiger partial charge in [-0.3, -0.25) is 14.5 Å². The number of β-lactam (4-membered cyclic amide) rings is 1. The lowest BCUT2D eigenvalue weighted by molar-refractivity contribution is -0.182. The SMILES string of the molecule is O=C(Cc1cccs1)N[C@@H]1C(=O)N(C(O)C(=O)O)[C@@H]1CI. The Bertz CT molecular complexity index is 550. The predicted molar refractivity (Wildman–Crippen MR) is 83.1 cm³/mol. The largest absolute Gasteiger partial charge is 0.478 e. The topological polar surface area (TPSA) is 107 Å². The summed E-state index contributed by atoms with van der Waals surface area (Å²) < 4.78 is 0.414. The Hall–Kier alpha value is -1.20. The van der Waals surface area contributed by atoms with Crippen LogP contribution in [-0.4, -0.2) is 55.6 Å². The van der Waals surface area contributed by atoms with Crippen LogP contribution in [0.15, 0.2) is 17.5 Å². The highest BCUT2D eigenvalue weighted by Crippen LogP contribution is 2.24. The summed E-state index contributed by atoms with van der Waals surface area (Å²) in [5, 5.41) is 22.7. The molecule has 1 aliphatic rings. The van der Waals surface area contributed by atoms with Crippen molar-refractivity contribution in [2.75, 3.05) is 4.43 Å². The Labute approximate surface area is 138 Å². The van der Waals surface area contributed by atoms with Crippen LogP contribution in [0.25, 0.3) is 0 Å². The highest BCUT2D eigenvalue weighted by atomic mass is 127. The summed E-state index contributed by atoms with van der Waals surface area (Å²) >= 11 is 3.43. The zero-order valence-electron chi connectivity index (χ0n) is 10.7. The molecular weight excluding hydrogens is 411 g/mol. The number of carboxylic acids is 1. The van der Waals surface area contributed by atoms with E-state index < -0.39 is 30.2 Å². The summed E-state index contributed by atoms with van der Waals surface area (Å²) in [4.78, 5) is 36.3. The molecule has 0 spiro atoms. The summed E-state index contributed by atoms with van der Waals surface area (Å²) in [6, 6.07) is 2.36. The maximum absolute atomic E-state index is 11.9. The molecule has 1 aromatic heterocycles. The molecule has 2 rings (SSSR count). The Balaban J connectivity index is 1.96. The van der Waals surface area contributed by atoms with Crippen LogP contribution in [0, 0.1) is 0 Å². The van der Waals surface area contributed by atoms with E-state index in [1.54, 1.807) is 0 Å². The fraction of sp³-hybridized carbons (Fsp3) is 0.417. The summed E-state index contributed by atoms with van der Waals surface area (Å²) in [6.07, 6.45) is -1.70. The third kappa shape index (κ3) is 3.35. The van der Waals surface area contributed by atoms with Crippen molar-refractivity contribution in [1.82, 2.24) is 10.2 Å². The van der Waals surface area contributed by atoms with Gasteiger partial charge < -0.3 is 15.5 Å². The van der Waals surface area contributed by atoms with Crippen LogP contribution in [0.1, 0.15) is 4.88 Å². The first-order valence-electron chi connectivity index (χ1n) is 6.06. The number of rotatable bonds is 6. The number of halogens is 1. The van der Waals surface area contributed by atoms with Crippen molar-refractivity contribution >= 4 is 51.7 Å². The van der Waals surface area contributed by atoms with E-state index in [1.165, 1.54) is 11.3 Å². The van der Waals surface area contributed by atoms with Gasteiger partial charge >= 0.3 is 5.97 Å². The van der Waals surface area contributed by atoms with Crippen LogP contribution in [0.4, 0.5) is 0 Å². The molecular formula is C12H13IN2O5S. The number of nitrogens with one attached hydrogen (secondary N) is 1. The number of alkyl halides is 1. The number of carbonyl (C=O) groups is 3. The van der Waals surface area contributed by atoms with Gasteiger partial charge in [0.1, 0.15) is 6.04 Å². The lowest BCUT2D eigenvalue weighted by Crippen LogP contribution is -2.74. The molecule has 1 aromatic rings. The molecule has 3 N–H and O–H groups in total. The third-order valence-electron chi connectivity index (χ3n) is 3.14. The predicted octanol–water partition coefficient (Wildman–Crippen LogP) is -0.176. The van der Waals surface area contributed by atoms with E-state index in [0.717, 1.165) is 9.78 Å². The fourth-order valence-corrected chi connectivity index (χ4v) is 3.74. The van der Waals surface area contributed by atoms with Gasteiger partial charge in [0, 0.05) is 9.30 Å². The van der Waals surface area contributed by atoms with E-state index in [-0.39, 0.29) is 12.3 Å². The second kappa shape index (κ2) is 6.71. The molecule has 7 nitrogen and oxygen atoms in total. The fourth-order valence-electron chi connectivity index (χ4n) is 2.11. The molecule has 3 atom stereocenters.